The minimum absolute atomic E-state index is 0.00192. The van der Waals surface area contributed by atoms with Crippen LogP contribution in [0.1, 0.15) is 18.1 Å². The molecule has 9 nitrogen and oxygen atoms in total. The molecular weight excluding hydrogens is 583 g/mol. The van der Waals surface area contributed by atoms with Gasteiger partial charge in [0.2, 0.25) is 0 Å². The summed E-state index contributed by atoms with van der Waals surface area (Å²) >= 11 is 7.48. The maximum Gasteiger partial charge on any atom is 0.344 e. The normalized spacial score (nSPS) is 31.4. The van der Waals surface area contributed by atoms with E-state index in [2.05, 4.69) is 14.7 Å². The number of carbonyl (C=O) groups excluding carboxylic acids is 1. The molecule has 0 amide bonds. The number of halogens is 2. The monoisotopic (exact) mass is 612 g/mol. The summed E-state index contributed by atoms with van der Waals surface area (Å²) in [7, 11) is 1.41. The maximum atomic E-state index is 14.8. The van der Waals surface area contributed by atoms with Crippen LogP contribution in [0.15, 0.2) is 52.4 Å². The van der Waals surface area contributed by atoms with Crippen molar-refractivity contribution in [1.82, 2.24) is 9.80 Å². The summed E-state index contributed by atoms with van der Waals surface area (Å²) in [6, 6.07) is 10.8. The zero-order valence-electron chi connectivity index (χ0n) is 22.9. The molecule has 220 valence electrons. The van der Waals surface area contributed by atoms with E-state index in [4.69, 9.17) is 35.5 Å². The van der Waals surface area contributed by atoms with E-state index in [0.29, 0.717) is 27.0 Å². The zero-order chi connectivity index (χ0) is 28.5. The smallest absolute Gasteiger partial charge is 0.344 e. The number of rotatable bonds is 4. The molecule has 8 rings (SSSR count). The van der Waals surface area contributed by atoms with Crippen molar-refractivity contribution in [2.45, 2.75) is 42.1 Å². The molecule has 0 bridgehead atoms. The van der Waals surface area contributed by atoms with Gasteiger partial charge in [0.25, 0.3) is 0 Å². The third-order valence-corrected chi connectivity index (χ3v) is 10.5. The predicted molar refractivity (Wildman–Crippen MR) is 157 cm³/mol. The first-order valence-corrected chi connectivity index (χ1v) is 15.5. The Kier molecular flexibility index (Phi) is 6.55. The highest BCUT2D eigenvalue weighted by atomic mass is 35.5. The molecule has 6 heterocycles. The topological polar surface area (TPSA) is 76.1 Å². The molecule has 3 fully saturated rings. The van der Waals surface area contributed by atoms with Crippen molar-refractivity contribution in [3.05, 3.63) is 63.8 Å². The Labute approximate surface area is 252 Å². The van der Waals surface area contributed by atoms with Crippen LogP contribution in [0.4, 0.5) is 10.1 Å². The number of para-hydroxylation sites is 1. The third-order valence-electron chi connectivity index (χ3n) is 9.11. The van der Waals surface area contributed by atoms with Gasteiger partial charge in [-0.3, -0.25) is 9.89 Å². The molecule has 6 aliphatic heterocycles. The third kappa shape index (κ3) is 4.27. The minimum atomic E-state index is -0.584. The molecular formula is C30H30ClFN4O5S. The summed E-state index contributed by atoms with van der Waals surface area (Å²) in [5.41, 5.74) is 1.35. The Bertz CT molecular complexity index is 1500. The highest BCUT2D eigenvalue weighted by Crippen LogP contribution is 2.47. The quantitative estimate of drug-likeness (QED) is 0.479. The number of methoxy groups -OCH3 is 1. The van der Waals surface area contributed by atoms with Crippen molar-refractivity contribution in [3.63, 3.8) is 0 Å². The van der Waals surface area contributed by atoms with Crippen LogP contribution in [-0.4, -0.2) is 97.7 Å². The molecule has 6 aliphatic rings. The van der Waals surface area contributed by atoms with Crippen molar-refractivity contribution in [2.75, 3.05) is 51.4 Å². The minimum Gasteiger partial charge on any atom is -0.485 e. The van der Waals surface area contributed by atoms with Crippen molar-refractivity contribution in [2.24, 2.45) is 4.99 Å². The van der Waals surface area contributed by atoms with Crippen molar-refractivity contribution < 1.29 is 28.1 Å². The predicted octanol–water partition coefficient (Wildman–Crippen LogP) is 3.87. The Morgan fingerprint density at radius 3 is 2.90 bits per heavy atom. The number of ether oxygens (including phenoxy) is 4. The van der Waals surface area contributed by atoms with Crippen molar-refractivity contribution in [3.8, 4) is 11.5 Å². The molecule has 2 aromatic rings. The summed E-state index contributed by atoms with van der Waals surface area (Å²) in [6.07, 6.45) is 2.51. The number of piperazine rings is 2. The average molecular weight is 613 g/mol. The number of aliphatic imine (C=N–C) groups is 1. The molecule has 12 heteroatoms. The zero-order valence-corrected chi connectivity index (χ0v) is 24.5. The first kappa shape index (κ1) is 26.6. The molecule has 0 radical (unpaired) electrons. The van der Waals surface area contributed by atoms with E-state index in [-0.39, 0.29) is 42.2 Å². The molecule has 0 N–H and O–H groups in total. The van der Waals surface area contributed by atoms with Crippen molar-refractivity contribution >= 4 is 40.9 Å². The molecule has 6 atom stereocenters. The van der Waals surface area contributed by atoms with E-state index < -0.39 is 11.9 Å². The number of carbonyl (C=O) groups is 1. The molecule has 0 aromatic heterocycles. The lowest BCUT2D eigenvalue weighted by Gasteiger charge is -2.56. The van der Waals surface area contributed by atoms with Gasteiger partial charge in [-0.15, -0.1) is 0 Å². The Hall–Kier alpha value is -2.99. The van der Waals surface area contributed by atoms with E-state index in [1.807, 2.05) is 24.3 Å². The molecule has 0 aliphatic carbocycles. The van der Waals surface area contributed by atoms with Crippen LogP contribution in [0.3, 0.4) is 0 Å². The molecule has 2 aromatic carbocycles. The number of nitrogens with zero attached hydrogens (tertiary/aromatic N) is 4. The van der Waals surface area contributed by atoms with Gasteiger partial charge in [-0.25, -0.2) is 9.18 Å². The lowest BCUT2D eigenvalue weighted by atomic mass is 9.88. The fourth-order valence-electron chi connectivity index (χ4n) is 7.04. The van der Waals surface area contributed by atoms with E-state index in [9.17, 15) is 9.18 Å². The van der Waals surface area contributed by atoms with Gasteiger partial charge in [-0.1, -0.05) is 35.5 Å². The summed E-state index contributed by atoms with van der Waals surface area (Å²) in [4.78, 5) is 25.3. The van der Waals surface area contributed by atoms with E-state index in [1.54, 1.807) is 12.1 Å². The standard InChI is InChI=1S/C30H30ClFN4O5S/c1-38-30(37)25-12-20-29(42-25)33-26-14-35-9-8-34(13-21(35)27(36(20)26)22-7-10-39-22)19-3-2-4-23-28(19)41-24(15-40-23)17-6-5-16(31)11-18(17)32/h2-6,11-12,20-22,24,27,29H,7-10,13-15H2,1H3. The number of amidine groups is 1. The Morgan fingerprint density at radius 2 is 2.12 bits per heavy atom. The van der Waals surface area contributed by atoms with Gasteiger partial charge in [0.1, 0.15) is 23.6 Å². The number of benzene rings is 2. The largest absolute Gasteiger partial charge is 0.485 e. The van der Waals surface area contributed by atoms with Gasteiger partial charge in [0.15, 0.2) is 17.6 Å². The van der Waals surface area contributed by atoms with E-state index in [1.165, 1.54) is 24.9 Å². The first-order valence-electron chi connectivity index (χ1n) is 14.3. The van der Waals surface area contributed by atoms with Crippen LogP contribution in [0.5, 0.6) is 11.5 Å². The SMILES string of the molecule is COC(=O)C1=CC2C(N=C3CN4CCN(c5cccc6c5OC(c5ccc(Cl)cc5F)CO6)CC4C(C4CCO4)N32)S1. The first-order chi connectivity index (χ1) is 20.5. The van der Waals surface area contributed by atoms with Crippen LogP contribution in [0, 0.1) is 5.82 Å². The van der Waals surface area contributed by atoms with Crippen LogP contribution < -0.4 is 14.4 Å². The number of fused-ring (bicyclic) bond motifs is 5. The van der Waals surface area contributed by atoms with Crippen LogP contribution in [-0.2, 0) is 14.3 Å². The molecule has 6 unspecified atom stereocenters. The van der Waals surface area contributed by atoms with E-state index >= 15 is 0 Å². The van der Waals surface area contributed by atoms with Crippen LogP contribution >= 0.6 is 23.4 Å². The fraction of sp³-hybridized carbons (Fsp3) is 0.467. The number of anilines is 1. The van der Waals surface area contributed by atoms with Crippen molar-refractivity contribution in [1.29, 1.82) is 0 Å². The van der Waals surface area contributed by atoms with Gasteiger partial charge in [-0.05, 0) is 36.8 Å². The van der Waals surface area contributed by atoms with Gasteiger partial charge in [0.05, 0.1) is 48.5 Å². The lowest BCUT2D eigenvalue weighted by Crippen LogP contribution is -2.72. The van der Waals surface area contributed by atoms with Crippen LogP contribution in [0.2, 0.25) is 5.02 Å². The number of hydrogen-bond acceptors (Lipinski definition) is 10. The molecule has 42 heavy (non-hydrogen) atoms. The summed E-state index contributed by atoms with van der Waals surface area (Å²) < 4.78 is 38.5. The highest BCUT2D eigenvalue weighted by molar-refractivity contribution is 8.04. The van der Waals surface area contributed by atoms with Gasteiger partial charge in [0, 0.05) is 36.8 Å². The summed E-state index contributed by atoms with van der Waals surface area (Å²) in [6.45, 7) is 4.14. The number of hydrogen-bond donors (Lipinski definition) is 0. The van der Waals surface area contributed by atoms with E-state index in [0.717, 1.165) is 50.7 Å². The molecule has 3 saturated heterocycles. The second-order valence-corrected chi connectivity index (χ2v) is 12.9. The summed E-state index contributed by atoms with van der Waals surface area (Å²) in [5, 5.41) is 0.293. The van der Waals surface area contributed by atoms with Gasteiger partial charge >= 0.3 is 5.97 Å². The molecule has 0 spiro atoms. The fourth-order valence-corrected chi connectivity index (χ4v) is 8.38. The van der Waals surface area contributed by atoms with Gasteiger partial charge < -0.3 is 28.7 Å². The highest BCUT2D eigenvalue weighted by Gasteiger charge is 2.54. The number of thioether (sulfide) groups is 1. The molecule has 0 saturated carbocycles. The maximum absolute atomic E-state index is 14.8. The Morgan fingerprint density at radius 1 is 1.24 bits per heavy atom. The number of esters is 1. The lowest BCUT2D eigenvalue weighted by molar-refractivity contribution is -0.135. The summed E-state index contributed by atoms with van der Waals surface area (Å²) in [5.74, 6) is 1.64. The second-order valence-electron chi connectivity index (χ2n) is 11.3. The Balaban J connectivity index is 1.09. The second kappa shape index (κ2) is 10.3. The average Bonchev–Trinajstić information content (AvgIpc) is 3.53. The van der Waals surface area contributed by atoms with Gasteiger partial charge in [-0.2, -0.15) is 0 Å². The van der Waals surface area contributed by atoms with Crippen LogP contribution in [0.25, 0.3) is 0 Å².